The van der Waals surface area contributed by atoms with Gasteiger partial charge in [-0.2, -0.15) is 5.10 Å². The number of nitrogens with one attached hydrogen (secondary N) is 1. The van der Waals surface area contributed by atoms with E-state index in [2.05, 4.69) is 10.5 Å². The van der Waals surface area contributed by atoms with Gasteiger partial charge in [0.25, 0.3) is 11.5 Å². The van der Waals surface area contributed by atoms with Gasteiger partial charge < -0.3 is 9.30 Å². The van der Waals surface area contributed by atoms with Crippen LogP contribution < -0.4 is 15.7 Å². The van der Waals surface area contributed by atoms with Crippen LogP contribution in [0.3, 0.4) is 0 Å². The number of nitrogens with zero attached hydrogens (tertiary/aromatic N) is 2. The number of carbonyl (C=O) groups excluding carboxylic acids is 1. The van der Waals surface area contributed by atoms with E-state index in [9.17, 15) is 9.59 Å². The summed E-state index contributed by atoms with van der Waals surface area (Å²) in [6, 6.07) is 16.2. The molecule has 7 heteroatoms. The molecule has 31 heavy (non-hydrogen) atoms. The molecule has 2 aromatic carbocycles. The Labute approximate surface area is 186 Å². The fraction of sp³-hybridized carbons (Fsp3) is 0.208. The molecule has 0 radical (unpaired) electrons. The lowest BCUT2D eigenvalue weighted by Gasteiger charge is -2.11. The van der Waals surface area contributed by atoms with Crippen LogP contribution in [0.2, 0.25) is 5.02 Å². The molecule has 1 N–H and O–H groups in total. The van der Waals surface area contributed by atoms with E-state index in [4.69, 9.17) is 16.3 Å². The zero-order valence-corrected chi connectivity index (χ0v) is 18.4. The highest BCUT2D eigenvalue weighted by molar-refractivity contribution is 6.32. The first-order valence-corrected chi connectivity index (χ1v) is 10.3. The van der Waals surface area contributed by atoms with Gasteiger partial charge in [-0.1, -0.05) is 41.4 Å². The highest BCUT2D eigenvalue weighted by Crippen LogP contribution is 2.25. The smallest absolute Gasteiger partial charge is 0.276 e. The van der Waals surface area contributed by atoms with Crippen LogP contribution >= 0.6 is 11.6 Å². The van der Waals surface area contributed by atoms with Crippen molar-refractivity contribution in [3.63, 3.8) is 0 Å². The lowest BCUT2D eigenvalue weighted by Crippen LogP contribution is -2.30. The van der Waals surface area contributed by atoms with Gasteiger partial charge in [-0.05, 0) is 62.2 Å². The van der Waals surface area contributed by atoms with Crippen LogP contribution in [0.4, 0.5) is 0 Å². The number of hydrogen-bond donors (Lipinski definition) is 1. The number of ether oxygens (including phenoxy) is 1. The minimum atomic E-state index is -0.578. The number of benzene rings is 2. The lowest BCUT2D eigenvalue weighted by atomic mass is 10.1. The number of aryl methyl sites for hydroxylation is 1. The second-order valence-corrected chi connectivity index (χ2v) is 7.80. The Hall–Kier alpha value is -3.38. The van der Waals surface area contributed by atoms with Gasteiger partial charge in [0.15, 0.2) is 0 Å². The largest absolute Gasteiger partial charge is 0.489 e. The number of halogens is 1. The Morgan fingerprint density at radius 1 is 1.19 bits per heavy atom. The van der Waals surface area contributed by atoms with Crippen molar-refractivity contribution in [3.05, 3.63) is 98.4 Å². The molecule has 0 spiro atoms. The molecule has 0 atom stereocenters. The van der Waals surface area contributed by atoms with Crippen molar-refractivity contribution in [1.82, 2.24) is 9.99 Å². The summed E-state index contributed by atoms with van der Waals surface area (Å²) in [5.41, 5.74) is 4.84. The quantitative estimate of drug-likeness (QED) is 0.439. The molecule has 0 saturated carbocycles. The predicted molar refractivity (Wildman–Crippen MR) is 123 cm³/mol. The van der Waals surface area contributed by atoms with E-state index >= 15 is 0 Å². The summed E-state index contributed by atoms with van der Waals surface area (Å²) in [4.78, 5) is 25.2. The van der Waals surface area contributed by atoms with Crippen LogP contribution in [0.5, 0.6) is 5.75 Å². The van der Waals surface area contributed by atoms with Gasteiger partial charge in [0, 0.05) is 6.20 Å². The number of amides is 1. The molecule has 0 saturated heterocycles. The van der Waals surface area contributed by atoms with Crippen molar-refractivity contribution in [2.24, 2.45) is 5.10 Å². The maximum Gasteiger partial charge on any atom is 0.276 e. The first-order valence-electron chi connectivity index (χ1n) is 9.88. The van der Waals surface area contributed by atoms with Crippen molar-refractivity contribution < 1.29 is 9.53 Å². The first kappa shape index (κ1) is 22.3. The van der Waals surface area contributed by atoms with Crippen LogP contribution in [-0.4, -0.2) is 22.8 Å². The van der Waals surface area contributed by atoms with Gasteiger partial charge >= 0.3 is 0 Å². The summed E-state index contributed by atoms with van der Waals surface area (Å²) in [5.74, 6) is 0.00151. The van der Waals surface area contributed by atoms with Gasteiger partial charge in [-0.3, -0.25) is 9.59 Å². The fourth-order valence-corrected chi connectivity index (χ4v) is 3.13. The van der Waals surface area contributed by atoms with Gasteiger partial charge in [0.05, 0.1) is 23.9 Å². The number of carbonyl (C=O) groups is 1. The van der Waals surface area contributed by atoms with Crippen LogP contribution in [0.1, 0.15) is 40.9 Å². The van der Waals surface area contributed by atoms with Gasteiger partial charge in [0.2, 0.25) is 0 Å². The molecule has 0 aliphatic carbocycles. The standard InChI is InChI=1S/C24H24ClN3O3/c1-16(2)31-22-11-10-19(13-21(22)25)14-26-27-23(29)20-5-4-12-28(24(20)30)15-18-8-6-17(3)7-9-18/h4-14,16H,15H2,1-3H3,(H,27,29)/b26-14-. The number of hydrogen-bond acceptors (Lipinski definition) is 4. The van der Waals surface area contributed by atoms with Gasteiger partial charge in [0.1, 0.15) is 11.3 Å². The average molecular weight is 438 g/mol. The second kappa shape index (κ2) is 10.1. The fourth-order valence-electron chi connectivity index (χ4n) is 2.90. The van der Waals surface area contributed by atoms with E-state index in [1.165, 1.54) is 16.8 Å². The molecule has 1 amide bonds. The van der Waals surface area contributed by atoms with Crippen molar-refractivity contribution >= 4 is 23.7 Å². The summed E-state index contributed by atoms with van der Waals surface area (Å²) < 4.78 is 7.09. The number of hydrazone groups is 1. The first-order chi connectivity index (χ1) is 14.8. The van der Waals surface area contributed by atoms with Gasteiger partial charge in [-0.15, -0.1) is 0 Å². The van der Waals surface area contributed by atoms with Crippen molar-refractivity contribution in [3.8, 4) is 5.75 Å². The van der Waals surface area contributed by atoms with Crippen molar-refractivity contribution in [2.75, 3.05) is 0 Å². The SMILES string of the molecule is Cc1ccc(Cn2cccc(C(=O)N/N=C\c3ccc(OC(C)C)c(Cl)c3)c2=O)cc1. The monoisotopic (exact) mass is 437 g/mol. The van der Waals surface area contributed by atoms with Crippen molar-refractivity contribution in [1.29, 1.82) is 0 Å². The molecule has 0 aliphatic heterocycles. The Balaban J connectivity index is 1.68. The molecule has 3 rings (SSSR count). The van der Waals surface area contributed by atoms with Crippen molar-refractivity contribution in [2.45, 2.75) is 33.4 Å². The molecule has 160 valence electrons. The van der Waals surface area contributed by atoms with Crippen LogP contribution in [0.25, 0.3) is 0 Å². The number of pyridine rings is 1. The Kier molecular flexibility index (Phi) is 7.26. The number of rotatable bonds is 7. The van der Waals surface area contributed by atoms with E-state index < -0.39 is 5.91 Å². The molecular formula is C24H24ClN3O3. The van der Waals surface area contributed by atoms with E-state index in [0.717, 1.165) is 11.1 Å². The predicted octanol–water partition coefficient (Wildman–Crippen LogP) is 4.41. The Morgan fingerprint density at radius 3 is 2.61 bits per heavy atom. The Morgan fingerprint density at radius 2 is 1.94 bits per heavy atom. The minimum absolute atomic E-state index is 0.0113. The second-order valence-electron chi connectivity index (χ2n) is 7.40. The number of aromatic nitrogens is 1. The van der Waals surface area contributed by atoms with Crippen LogP contribution in [-0.2, 0) is 6.54 Å². The molecule has 3 aromatic rings. The summed E-state index contributed by atoms with van der Waals surface area (Å²) in [6.07, 6.45) is 3.12. The summed E-state index contributed by atoms with van der Waals surface area (Å²) in [6.45, 7) is 6.22. The normalized spacial score (nSPS) is 11.1. The molecule has 6 nitrogen and oxygen atoms in total. The highest BCUT2D eigenvalue weighted by Gasteiger charge is 2.12. The maximum atomic E-state index is 12.7. The molecular weight excluding hydrogens is 414 g/mol. The van der Waals surface area contributed by atoms with Crippen LogP contribution in [0, 0.1) is 6.92 Å². The van der Waals surface area contributed by atoms with E-state index in [0.29, 0.717) is 22.9 Å². The van der Waals surface area contributed by atoms with E-state index in [1.807, 2.05) is 45.0 Å². The summed E-state index contributed by atoms with van der Waals surface area (Å²) >= 11 is 6.21. The summed E-state index contributed by atoms with van der Waals surface area (Å²) in [5, 5.41) is 4.39. The van der Waals surface area contributed by atoms with Crippen LogP contribution in [0.15, 0.2) is 70.7 Å². The third-order valence-electron chi connectivity index (χ3n) is 4.44. The molecule has 0 aliphatic rings. The molecule has 0 fully saturated rings. The zero-order chi connectivity index (χ0) is 22.4. The highest BCUT2D eigenvalue weighted by atomic mass is 35.5. The lowest BCUT2D eigenvalue weighted by molar-refractivity contribution is 0.0953. The average Bonchev–Trinajstić information content (AvgIpc) is 2.73. The van der Waals surface area contributed by atoms with Gasteiger partial charge in [-0.25, -0.2) is 5.43 Å². The summed E-state index contributed by atoms with van der Waals surface area (Å²) in [7, 11) is 0. The molecule has 0 unspecified atom stereocenters. The van der Waals surface area contributed by atoms with E-state index in [-0.39, 0.29) is 17.2 Å². The topological polar surface area (TPSA) is 72.7 Å². The molecule has 1 heterocycles. The minimum Gasteiger partial charge on any atom is -0.489 e. The molecule has 0 bridgehead atoms. The van der Waals surface area contributed by atoms with E-state index in [1.54, 1.807) is 30.5 Å². The zero-order valence-electron chi connectivity index (χ0n) is 17.6. The maximum absolute atomic E-state index is 12.7. The molecule has 1 aromatic heterocycles. The third kappa shape index (κ3) is 6.06. The Bertz CT molecular complexity index is 1150. The third-order valence-corrected chi connectivity index (χ3v) is 4.73.